The summed E-state index contributed by atoms with van der Waals surface area (Å²) < 4.78 is 28.2. The van der Waals surface area contributed by atoms with E-state index in [2.05, 4.69) is 5.32 Å². The van der Waals surface area contributed by atoms with Crippen LogP contribution in [0.15, 0.2) is 18.2 Å². The minimum Gasteiger partial charge on any atom is -0.489 e. The highest BCUT2D eigenvalue weighted by Crippen LogP contribution is 2.26. The van der Waals surface area contributed by atoms with Gasteiger partial charge < -0.3 is 10.1 Å². The van der Waals surface area contributed by atoms with Crippen molar-refractivity contribution in [2.45, 2.75) is 32.4 Å². The molecule has 1 heterocycles. The van der Waals surface area contributed by atoms with Crippen molar-refractivity contribution in [3.05, 3.63) is 28.8 Å². The zero-order valence-corrected chi connectivity index (χ0v) is 13.5. The number of sulfone groups is 1. The quantitative estimate of drug-likeness (QED) is 0.916. The normalized spacial score (nSPS) is 20.5. The van der Waals surface area contributed by atoms with Crippen molar-refractivity contribution in [1.82, 2.24) is 5.32 Å². The van der Waals surface area contributed by atoms with Crippen LogP contribution in [0.25, 0.3) is 0 Å². The summed E-state index contributed by atoms with van der Waals surface area (Å²) >= 11 is 6.08. The Bertz CT molecular complexity index is 642. The van der Waals surface area contributed by atoms with Crippen LogP contribution in [-0.4, -0.2) is 38.0 Å². The molecular formula is C14H18ClNO4S. The molecule has 1 amide bonds. The van der Waals surface area contributed by atoms with Gasteiger partial charge in [-0.25, -0.2) is 8.42 Å². The molecule has 1 aromatic carbocycles. The van der Waals surface area contributed by atoms with E-state index in [9.17, 15) is 13.2 Å². The first-order valence-corrected chi connectivity index (χ1v) is 8.94. The van der Waals surface area contributed by atoms with Crippen LogP contribution in [0.3, 0.4) is 0 Å². The maximum atomic E-state index is 12.1. The molecule has 0 aliphatic carbocycles. The largest absolute Gasteiger partial charge is 0.489 e. The third kappa shape index (κ3) is 4.35. The van der Waals surface area contributed by atoms with Crippen molar-refractivity contribution in [3.63, 3.8) is 0 Å². The molecule has 1 aromatic rings. The summed E-state index contributed by atoms with van der Waals surface area (Å²) in [7, 11) is -3.01. The van der Waals surface area contributed by atoms with Crippen molar-refractivity contribution in [3.8, 4) is 5.75 Å². The molecule has 1 fully saturated rings. The van der Waals surface area contributed by atoms with E-state index in [1.807, 2.05) is 13.8 Å². The molecule has 0 saturated carbocycles. The molecule has 5 nitrogen and oxygen atoms in total. The number of carbonyl (C=O) groups excluding carboxylic acids is 1. The molecular weight excluding hydrogens is 314 g/mol. The summed E-state index contributed by atoms with van der Waals surface area (Å²) in [5.41, 5.74) is 0.389. The Labute approximate surface area is 129 Å². The molecule has 0 aromatic heterocycles. The Hall–Kier alpha value is -1.27. The minimum atomic E-state index is -3.01. The van der Waals surface area contributed by atoms with E-state index >= 15 is 0 Å². The number of carbonyl (C=O) groups is 1. The van der Waals surface area contributed by atoms with E-state index in [0.717, 1.165) is 0 Å². The van der Waals surface area contributed by atoms with Gasteiger partial charge in [-0.05, 0) is 38.5 Å². The molecule has 1 atom stereocenters. The fraction of sp³-hybridized carbons (Fsp3) is 0.500. The number of benzene rings is 1. The van der Waals surface area contributed by atoms with Gasteiger partial charge in [-0.2, -0.15) is 0 Å². The number of rotatable bonds is 4. The van der Waals surface area contributed by atoms with Crippen molar-refractivity contribution in [1.29, 1.82) is 0 Å². The fourth-order valence-electron chi connectivity index (χ4n) is 2.17. The first kappa shape index (κ1) is 16.1. The first-order valence-electron chi connectivity index (χ1n) is 6.74. The van der Waals surface area contributed by atoms with E-state index in [4.69, 9.17) is 16.3 Å². The third-order valence-electron chi connectivity index (χ3n) is 3.12. The summed E-state index contributed by atoms with van der Waals surface area (Å²) in [6.07, 6.45) is 0.446. The monoisotopic (exact) mass is 331 g/mol. The zero-order valence-electron chi connectivity index (χ0n) is 11.9. The Morgan fingerprint density at radius 3 is 2.67 bits per heavy atom. The Kier molecular flexibility index (Phi) is 4.78. The molecule has 1 saturated heterocycles. The van der Waals surface area contributed by atoms with Crippen LogP contribution in [0.4, 0.5) is 0 Å². The zero-order chi connectivity index (χ0) is 15.6. The van der Waals surface area contributed by atoms with Gasteiger partial charge in [0.05, 0.1) is 22.6 Å². The maximum Gasteiger partial charge on any atom is 0.251 e. The summed E-state index contributed by atoms with van der Waals surface area (Å²) in [6.45, 7) is 3.77. The molecule has 1 N–H and O–H groups in total. The second kappa shape index (κ2) is 6.23. The van der Waals surface area contributed by atoms with Crippen molar-refractivity contribution in [2.75, 3.05) is 11.5 Å². The first-order chi connectivity index (χ1) is 9.77. The second-order valence-corrected chi connectivity index (χ2v) is 8.02. The van der Waals surface area contributed by atoms with Crippen LogP contribution in [0, 0.1) is 0 Å². The number of hydrogen-bond acceptors (Lipinski definition) is 4. The number of halogens is 1. The van der Waals surface area contributed by atoms with Gasteiger partial charge in [0.2, 0.25) is 0 Å². The molecule has 1 aliphatic heterocycles. The lowest BCUT2D eigenvalue weighted by atomic mass is 10.1. The lowest BCUT2D eigenvalue weighted by Gasteiger charge is -2.14. The number of hydrogen-bond donors (Lipinski definition) is 1. The highest BCUT2D eigenvalue weighted by atomic mass is 35.5. The average Bonchev–Trinajstić information content (AvgIpc) is 2.70. The topological polar surface area (TPSA) is 72.5 Å². The van der Waals surface area contributed by atoms with Crippen LogP contribution in [-0.2, 0) is 9.84 Å². The van der Waals surface area contributed by atoms with Gasteiger partial charge in [-0.15, -0.1) is 0 Å². The van der Waals surface area contributed by atoms with E-state index in [0.29, 0.717) is 22.8 Å². The third-order valence-corrected chi connectivity index (χ3v) is 5.19. The van der Waals surface area contributed by atoms with Crippen molar-refractivity contribution in [2.24, 2.45) is 0 Å². The predicted molar refractivity (Wildman–Crippen MR) is 81.7 cm³/mol. The van der Waals surface area contributed by atoms with E-state index in [1.54, 1.807) is 12.1 Å². The number of amides is 1. The van der Waals surface area contributed by atoms with Crippen LogP contribution in [0.1, 0.15) is 30.6 Å². The SMILES string of the molecule is CC(C)Oc1ccc(C(=O)NC2CCS(=O)(=O)C2)cc1Cl. The lowest BCUT2D eigenvalue weighted by Crippen LogP contribution is -2.35. The van der Waals surface area contributed by atoms with Gasteiger partial charge in [-0.1, -0.05) is 11.6 Å². The van der Waals surface area contributed by atoms with Gasteiger partial charge in [-0.3, -0.25) is 4.79 Å². The molecule has 21 heavy (non-hydrogen) atoms. The molecule has 1 aliphatic rings. The smallest absolute Gasteiger partial charge is 0.251 e. The molecule has 116 valence electrons. The standard InChI is InChI=1S/C14H18ClNO4S/c1-9(2)20-13-4-3-10(7-12(13)15)14(17)16-11-5-6-21(18,19)8-11/h3-4,7,9,11H,5-6,8H2,1-2H3,(H,16,17). The van der Waals surface area contributed by atoms with Crippen LogP contribution >= 0.6 is 11.6 Å². The molecule has 2 rings (SSSR count). The minimum absolute atomic E-state index is 0.00101. The van der Waals surface area contributed by atoms with E-state index in [1.165, 1.54) is 6.07 Å². The highest BCUT2D eigenvalue weighted by molar-refractivity contribution is 7.91. The fourth-order valence-corrected chi connectivity index (χ4v) is 4.07. The van der Waals surface area contributed by atoms with Gasteiger partial charge in [0.25, 0.3) is 5.91 Å². The summed E-state index contributed by atoms with van der Waals surface area (Å²) in [5.74, 6) is 0.322. The van der Waals surface area contributed by atoms with E-state index in [-0.39, 0.29) is 29.6 Å². The Morgan fingerprint density at radius 2 is 2.14 bits per heavy atom. The van der Waals surface area contributed by atoms with E-state index < -0.39 is 9.84 Å². The molecule has 7 heteroatoms. The lowest BCUT2D eigenvalue weighted by molar-refractivity contribution is 0.0941. The van der Waals surface area contributed by atoms with Gasteiger partial charge >= 0.3 is 0 Å². The predicted octanol–water partition coefficient (Wildman–Crippen LogP) is 2.04. The number of ether oxygens (including phenoxy) is 1. The Balaban J connectivity index is 2.05. The highest BCUT2D eigenvalue weighted by Gasteiger charge is 2.29. The molecule has 1 unspecified atom stereocenters. The van der Waals surface area contributed by atoms with Gasteiger partial charge in [0, 0.05) is 11.6 Å². The summed E-state index contributed by atoms with van der Waals surface area (Å²) in [4.78, 5) is 12.1. The average molecular weight is 332 g/mol. The van der Waals surface area contributed by atoms with Crippen LogP contribution in [0.2, 0.25) is 5.02 Å². The van der Waals surface area contributed by atoms with Gasteiger partial charge in [0.15, 0.2) is 9.84 Å². The van der Waals surface area contributed by atoms with Gasteiger partial charge in [0.1, 0.15) is 5.75 Å². The van der Waals surface area contributed by atoms with Crippen molar-refractivity contribution >= 4 is 27.3 Å². The second-order valence-electron chi connectivity index (χ2n) is 5.39. The summed E-state index contributed by atoms with van der Waals surface area (Å²) in [6, 6.07) is 4.45. The maximum absolute atomic E-state index is 12.1. The van der Waals surface area contributed by atoms with Crippen LogP contribution in [0.5, 0.6) is 5.75 Å². The molecule has 0 spiro atoms. The molecule has 0 radical (unpaired) electrons. The Morgan fingerprint density at radius 1 is 1.43 bits per heavy atom. The summed E-state index contributed by atoms with van der Waals surface area (Å²) in [5, 5.41) is 3.08. The van der Waals surface area contributed by atoms with Crippen molar-refractivity contribution < 1.29 is 17.9 Å². The molecule has 0 bridgehead atoms. The number of nitrogens with one attached hydrogen (secondary N) is 1. The van der Waals surface area contributed by atoms with Crippen LogP contribution < -0.4 is 10.1 Å².